The van der Waals surface area contributed by atoms with Gasteiger partial charge in [0.15, 0.2) is 0 Å². The van der Waals surface area contributed by atoms with E-state index in [1.807, 2.05) is 0 Å². The number of carbonyl (C=O) groups excluding carboxylic acids is 1. The van der Waals surface area contributed by atoms with Crippen molar-refractivity contribution in [2.75, 3.05) is 0 Å². The van der Waals surface area contributed by atoms with Crippen LogP contribution < -0.4 is 0 Å². The fourth-order valence-electron chi connectivity index (χ4n) is 0.521. The van der Waals surface area contributed by atoms with Gasteiger partial charge in [0.25, 0.3) is 6.08 Å². The van der Waals surface area contributed by atoms with Crippen molar-refractivity contribution in [1.82, 2.24) is 9.66 Å². The highest BCUT2D eigenvalue weighted by molar-refractivity contribution is 5.32. The average Bonchev–Trinajstić information content (AvgIpc) is 2.18. The maximum Gasteiger partial charge on any atom is 0.259 e. The molecule has 0 spiro atoms. The van der Waals surface area contributed by atoms with Gasteiger partial charge in [-0.15, -0.1) is 0 Å². The molecule has 0 aliphatic rings. The predicted octanol–water partition coefficient (Wildman–Crippen LogP) is 0.290. The highest BCUT2D eigenvalue weighted by Crippen LogP contribution is 1.91. The molecule has 1 heterocycles. The Balaban J connectivity index is 3.07. The lowest BCUT2D eigenvalue weighted by Crippen LogP contribution is -1.87. The Morgan fingerprint density at radius 2 is 2.67 bits per heavy atom. The molecule has 46 valence electrons. The molecule has 1 rings (SSSR count). The van der Waals surface area contributed by atoms with Gasteiger partial charge in [0.05, 0.1) is 0 Å². The fraction of sp³-hybridized carbons (Fsp3) is 0.200. The van der Waals surface area contributed by atoms with Crippen molar-refractivity contribution in [2.24, 2.45) is 5.10 Å². The largest absolute Gasteiger partial charge is 0.259 e. The molecule has 1 aromatic heterocycles. The molecular weight excluding hydrogens is 118 g/mol. The molecular formula is C5H5N3O. The van der Waals surface area contributed by atoms with Gasteiger partial charge >= 0.3 is 0 Å². The molecule has 0 aromatic carbocycles. The Hall–Kier alpha value is -1.41. The summed E-state index contributed by atoms with van der Waals surface area (Å²) in [6.07, 6.45) is 4.56. The number of hydrogen-bond donors (Lipinski definition) is 0. The zero-order valence-electron chi connectivity index (χ0n) is 4.90. The van der Waals surface area contributed by atoms with Gasteiger partial charge in [-0.1, -0.05) is 5.10 Å². The highest BCUT2D eigenvalue weighted by Gasteiger charge is 1.89. The zero-order valence-corrected chi connectivity index (χ0v) is 4.90. The second-order valence-corrected chi connectivity index (χ2v) is 1.51. The lowest BCUT2D eigenvalue weighted by atomic mass is 10.7. The van der Waals surface area contributed by atoms with Crippen molar-refractivity contribution < 1.29 is 4.79 Å². The van der Waals surface area contributed by atoms with Crippen LogP contribution in [0.3, 0.4) is 0 Å². The summed E-state index contributed by atoms with van der Waals surface area (Å²) < 4.78 is 1.35. The molecule has 4 nitrogen and oxygen atoms in total. The van der Waals surface area contributed by atoms with E-state index in [9.17, 15) is 4.79 Å². The van der Waals surface area contributed by atoms with Crippen LogP contribution >= 0.6 is 0 Å². The second-order valence-electron chi connectivity index (χ2n) is 1.51. The molecule has 0 amide bonds. The lowest BCUT2D eigenvalue weighted by molar-refractivity contribution is 0.559. The third kappa shape index (κ3) is 1.03. The number of aryl methyl sites for hydroxylation is 1. The molecule has 0 aliphatic carbocycles. The van der Waals surface area contributed by atoms with Gasteiger partial charge in [0.2, 0.25) is 0 Å². The number of hydrogen-bond acceptors (Lipinski definition) is 3. The zero-order chi connectivity index (χ0) is 6.69. The van der Waals surface area contributed by atoms with Gasteiger partial charge in [0.1, 0.15) is 5.82 Å². The van der Waals surface area contributed by atoms with Crippen LogP contribution in [0, 0.1) is 6.92 Å². The summed E-state index contributed by atoms with van der Waals surface area (Å²) in [4.78, 5) is 13.5. The van der Waals surface area contributed by atoms with Crippen molar-refractivity contribution in [3.05, 3.63) is 18.2 Å². The van der Waals surface area contributed by atoms with Crippen molar-refractivity contribution in [3.8, 4) is 0 Å². The van der Waals surface area contributed by atoms with E-state index in [0.29, 0.717) is 5.82 Å². The van der Waals surface area contributed by atoms with Crippen molar-refractivity contribution in [1.29, 1.82) is 0 Å². The minimum Gasteiger partial charge on any atom is -0.240 e. The first-order valence-electron chi connectivity index (χ1n) is 2.42. The van der Waals surface area contributed by atoms with Crippen LogP contribution in [0.4, 0.5) is 0 Å². The number of nitrogens with zero attached hydrogens (tertiary/aromatic N) is 3. The molecule has 0 bridgehead atoms. The summed E-state index contributed by atoms with van der Waals surface area (Å²) in [5, 5.41) is 3.31. The molecule has 0 aliphatic heterocycles. The molecule has 0 N–H and O–H groups in total. The Bertz CT molecular complexity index is 246. The Labute approximate surface area is 51.8 Å². The van der Waals surface area contributed by atoms with Gasteiger partial charge in [-0.3, -0.25) is 0 Å². The third-order valence-electron chi connectivity index (χ3n) is 0.949. The monoisotopic (exact) mass is 123 g/mol. The molecule has 0 fully saturated rings. The lowest BCUT2D eigenvalue weighted by Gasteiger charge is -1.86. The van der Waals surface area contributed by atoms with E-state index in [4.69, 9.17) is 0 Å². The Morgan fingerprint density at radius 1 is 1.89 bits per heavy atom. The Morgan fingerprint density at radius 3 is 3.11 bits per heavy atom. The summed E-state index contributed by atoms with van der Waals surface area (Å²) in [6, 6.07) is 0. The SMILES string of the molecule is Cc1nccn1N=C=O. The first kappa shape index (κ1) is 5.72. The topological polar surface area (TPSA) is 47.2 Å². The maximum atomic E-state index is 9.68. The number of rotatable bonds is 1. The first-order valence-corrected chi connectivity index (χ1v) is 2.42. The van der Waals surface area contributed by atoms with Gasteiger partial charge < -0.3 is 0 Å². The third-order valence-corrected chi connectivity index (χ3v) is 0.949. The predicted molar refractivity (Wildman–Crippen MR) is 30.5 cm³/mol. The van der Waals surface area contributed by atoms with Crippen LogP contribution in [-0.2, 0) is 4.79 Å². The van der Waals surface area contributed by atoms with E-state index >= 15 is 0 Å². The summed E-state index contributed by atoms with van der Waals surface area (Å²) >= 11 is 0. The van der Waals surface area contributed by atoms with Gasteiger partial charge in [-0.2, -0.15) is 0 Å². The highest BCUT2D eigenvalue weighted by atomic mass is 16.1. The van der Waals surface area contributed by atoms with Crippen LogP contribution in [0.5, 0.6) is 0 Å². The van der Waals surface area contributed by atoms with Gasteiger partial charge in [-0.25, -0.2) is 14.5 Å². The number of imidazole rings is 1. The minimum absolute atomic E-state index is 0.679. The molecule has 0 saturated carbocycles. The molecule has 0 radical (unpaired) electrons. The quantitative estimate of drug-likeness (QED) is 0.398. The van der Waals surface area contributed by atoms with E-state index < -0.39 is 0 Å². The van der Waals surface area contributed by atoms with E-state index in [2.05, 4.69) is 10.1 Å². The molecule has 4 heteroatoms. The molecule has 0 unspecified atom stereocenters. The van der Waals surface area contributed by atoms with E-state index in [1.165, 1.54) is 10.8 Å². The van der Waals surface area contributed by atoms with Crippen LogP contribution in [0.1, 0.15) is 5.82 Å². The molecule has 1 aromatic rings. The van der Waals surface area contributed by atoms with Crippen molar-refractivity contribution >= 4 is 6.08 Å². The van der Waals surface area contributed by atoms with Gasteiger partial charge in [0, 0.05) is 12.4 Å². The molecule has 0 atom stereocenters. The van der Waals surface area contributed by atoms with E-state index in [1.54, 1.807) is 19.3 Å². The maximum absolute atomic E-state index is 9.68. The van der Waals surface area contributed by atoms with Crippen LogP contribution in [0.25, 0.3) is 0 Å². The summed E-state index contributed by atoms with van der Waals surface area (Å²) in [6.45, 7) is 1.75. The molecule has 0 saturated heterocycles. The van der Waals surface area contributed by atoms with Gasteiger partial charge in [-0.05, 0) is 6.92 Å². The first-order chi connectivity index (χ1) is 4.34. The smallest absolute Gasteiger partial charge is 0.240 e. The van der Waals surface area contributed by atoms with Crippen LogP contribution in [0.15, 0.2) is 17.5 Å². The van der Waals surface area contributed by atoms with Crippen LogP contribution in [0.2, 0.25) is 0 Å². The van der Waals surface area contributed by atoms with Crippen molar-refractivity contribution in [3.63, 3.8) is 0 Å². The fourth-order valence-corrected chi connectivity index (χ4v) is 0.521. The minimum atomic E-state index is 0.679. The number of isocyanates is 1. The normalized spacial score (nSPS) is 8.56. The number of aromatic nitrogens is 2. The summed E-state index contributed by atoms with van der Waals surface area (Å²) in [5.74, 6) is 0.679. The van der Waals surface area contributed by atoms with E-state index in [0.717, 1.165) is 0 Å². The summed E-state index contributed by atoms with van der Waals surface area (Å²) in [7, 11) is 0. The van der Waals surface area contributed by atoms with Crippen molar-refractivity contribution in [2.45, 2.75) is 6.92 Å². The average molecular weight is 123 g/mol. The second kappa shape index (κ2) is 2.24. The Kier molecular flexibility index (Phi) is 1.42. The van der Waals surface area contributed by atoms with Crippen LogP contribution in [-0.4, -0.2) is 15.7 Å². The standard InChI is InChI=1S/C5H5N3O/c1-5-6-2-3-8(5)7-4-9/h2-3H,1H3. The van der Waals surface area contributed by atoms with E-state index in [-0.39, 0.29) is 0 Å². The molecule has 9 heavy (non-hydrogen) atoms. The summed E-state index contributed by atoms with van der Waals surface area (Å²) in [5.41, 5.74) is 0.